The van der Waals surface area contributed by atoms with Crippen molar-refractivity contribution in [1.29, 1.82) is 0 Å². The molecule has 0 bridgehead atoms. The van der Waals surface area contributed by atoms with Gasteiger partial charge < -0.3 is 15.8 Å². The summed E-state index contributed by atoms with van der Waals surface area (Å²) in [6.07, 6.45) is 0. The number of nitrogens with one attached hydrogen (secondary N) is 1. The van der Waals surface area contributed by atoms with Gasteiger partial charge in [-0.15, -0.1) is 35.3 Å². The van der Waals surface area contributed by atoms with Crippen molar-refractivity contribution in [2.24, 2.45) is 10.7 Å². The molecule has 3 rings (SSSR count). The second-order valence-electron chi connectivity index (χ2n) is 7.24. The van der Waals surface area contributed by atoms with Gasteiger partial charge in [-0.05, 0) is 42.7 Å². The van der Waals surface area contributed by atoms with Crippen LogP contribution in [0.5, 0.6) is 0 Å². The van der Waals surface area contributed by atoms with E-state index in [1.54, 1.807) is 0 Å². The SMILES string of the molecule is Cc1ccc(C(CN=C(N)Nc2cccc(C(C)C)c2)N2CCOCC2)s1.I. The molecular weight excluding hydrogens is 483 g/mol. The zero-order valence-electron chi connectivity index (χ0n) is 16.9. The third kappa shape index (κ3) is 6.43. The molecule has 1 fully saturated rings. The van der Waals surface area contributed by atoms with Crippen LogP contribution in [0.4, 0.5) is 5.69 Å². The number of anilines is 1. The standard InChI is InChI=1S/C21H30N4OS.HI/c1-15(2)17-5-4-6-18(13-17)24-21(22)23-14-19(20-8-7-16(3)27-20)25-9-11-26-12-10-25;/h4-8,13,15,19H,9-12,14H2,1-3H3,(H3,22,23,24);1H. The first-order valence-electron chi connectivity index (χ1n) is 9.58. The maximum absolute atomic E-state index is 6.19. The summed E-state index contributed by atoms with van der Waals surface area (Å²) in [6, 6.07) is 13.0. The summed E-state index contributed by atoms with van der Waals surface area (Å²) < 4.78 is 5.51. The molecule has 1 atom stereocenters. The van der Waals surface area contributed by atoms with E-state index in [4.69, 9.17) is 10.5 Å². The van der Waals surface area contributed by atoms with Gasteiger partial charge in [-0.2, -0.15) is 0 Å². The van der Waals surface area contributed by atoms with Gasteiger partial charge >= 0.3 is 0 Å². The molecule has 5 nitrogen and oxygen atoms in total. The normalized spacial score (nSPS) is 16.6. The van der Waals surface area contributed by atoms with Crippen molar-refractivity contribution < 1.29 is 4.74 Å². The van der Waals surface area contributed by atoms with Crippen LogP contribution in [0.25, 0.3) is 0 Å². The predicted octanol–water partition coefficient (Wildman–Crippen LogP) is 4.60. The number of aryl methyl sites for hydroxylation is 1. The Balaban J connectivity index is 0.00000280. The largest absolute Gasteiger partial charge is 0.379 e. The number of nitrogens with two attached hydrogens (primary N) is 1. The number of nitrogens with zero attached hydrogens (tertiary/aromatic N) is 2. The van der Waals surface area contributed by atoms with Crippen LogP contribution >= 0.6 is 35.3 Å². The Hall–Kier alpha value is -1.16. The maximum atomic E-state index is 6.19. The molecule has 2 aromatic rings. The lowest BCUT2D eigenvalue weighted by molar-refractivity contribution is 0.0187. The predicted molar refractivity (Wildman–Crippen MR) is 130 cm³/mol. The molecule has 1 unspecified atom stereocenters. The van der Waals surface area contributed by atoms with Crippen LogP contribution in [-0.2, 0) is 4.74 Å². The van der Waals surface area contributed by atoms with E-state index in [2.05, 4.69) is 66.3 Å². The van der Waals surface area contributed by atoms with Gasteiger partial charge in [0.05, 0.1) is 25.8 Å². The van der Waals surface area contributed by atoms with E-state index in [1.165, 1.54) is 15.3 Å². The smallest absolute Gasteiger partial charge is 0.193 e. The number of morpholine rings is 1. The van der Waals surface area contributed by atoms with E-state index in [0.29, 0.717) is 18.4 Å². The third-order valence-electron chi connectivity index (χ3n) is 4.84. The minimum absolute atomic E-state index is 0. The molecule has 154 valence electrons. The lowest BCUT2D eigenvalue weighted by Crippen LogP contribution is -2.40. The van der Waals surface area contributed by atoms with Crippen LogP contribution in [0, 0.1) is 6.92 Å². The summed E-state index contributed by atoms with van der Waals surface area (Å²) in [4.78, 5) is 9.78. The molecule has 3 N–H and O–H groups in total. The summed E-state index contributed by atoms with van der Waals surface area (Å²) >= 11 is 1.84. The number of hydrogen-bond acceptors (Lipinski definition) is 4. The number of thiophene rings is 1. The monoisotopic (exact) mass is 514 g/mol. The number of halogens is 1. The molecule has 1 aliphatic heterocycles. The molecule has 0 aliphatic carbocycles. The fourth-order valence-electron chi connectivity index (χ4n) is 3.25. The van der Waals surface area contributed by atoms with Crippen LogP contribution in [0.1, 0.15) is 41.1 Å². The van der Waals surface area contributed by atoms with Gasteiger partial charge in [0.1, 0.15) is 0 Å². The first-order valence-corrected chi connectivity index (χ1v) is 10.4. The lowest BCUT2D eigenvalue weighted by Gasteiger charge is -2.33. The Labute approximate surface area is 189 Å². The Morgan fingerprint density at radius 1 is 1.25 bits per heavy atom. The Morgan fingerprint density at radius 3 is 2.64 bits per heavy atom. The fourth-order valence-corrected chi connectivity index (χ4v) is 4.26. The molecule has 1 aromatic carbocycles. The van der Waals surface area contributed by atoms with E-state index < -0.39 is 0 Å². The average molecular weight is 514 g/mol. The van der Waals surface area contributed by atoms with E-state index in [9.17, 15) is 0 Å². The van der Waals surface area contributed by atoms with Gasteiger partial charge in [-0.1, -0.05) is 26.0 Å². The van der Waals surface area contributed by atoms with Gasteiger partial charge in [0.15, 0.2) is 5.96 Å². The van der Waals surface area contributed by atoms with Crippen molar-refractivity contribution in [2.45, 2.75) is 32.7 Å². The molecule has 0 spiro atoms. The molecular formula is C21H31IN4OS. The van der Waals surface area contributed by atoms with Crippen molar-refractivity contribution in [3.8, 4) is 0 Å². The van der Waals surface area contributed by atoms with Gasteiger partial charge in [-0.3, -0.25) is 9.89 Å². The highest BCUT2D eigenvalue weighted by Gasteiger charge is 2.23. The summed E-state index contributed by atoms with van der Waals surface area (Å²) in [6.45, 7) is 10.6. The second kappa shape index (κ2) is 11.1. The molecule has 1 saturated heterocycles. The van der Waals surface area contributed by atoms with Crippen molar-refractivity contribution >= 4 is 47.0 Å². The minimum atomic E-state index is 0. The minimum Gasteiger partial charge on any atom is -0.379 e. The zero-order valence-corrected chi connectivity index (χ0v) is 20.0. The van der Waals surface area contributed by atoms with E-state index >= 15 is 0 Å². The van der Waals surface area contributed by atoms with E-state index in [0.717, 1.165) is 32.0 Å². The molecule has 2 heterocycles. The van der Waals surface area contributed by atoms with Crippen LogP contribution in [0.2, 0.25) is 0 Å². The van der Waals surface area contributed by atoms with Crippen molar-refractivity contribution in [2.75, 3.05) is 38.2 Å². The molecule has 1 aromatic heterocycles. The second-order valence-corrected chi connectivity index (χ2v) is 8.56. The third-order valence-corrected chi connectivity index (χ3v) is 5.94. The van der Waals surface area contributed by atoms with Crippen LogP contribution < -0.4 is 11.1 Å². The zero-order chi connectivity index (χ0) is 19.2. The van der Waals surface area contributed by atoms with Crippen LogP contribution in [-0.4, -0.2) is 43.7 Å². The fraction of sp³-hybridized carbons (Fsp3) is 0.476. The Kier molecular flexibility index (Phi) is 9.20. The molecule has 7 heteroatoms. The van der Waals surface area contributed by atoms with Crippen LogP contribution in [0.3, 0.4) is 0 Å². The van der Waals surface area contributed by atoms with E-state index in [1.807, 2.05) is 17.4 Å². The highest BCUT2D eigenvalue weighted by atomic mass is 127. The summed E-state index contributed by atoms with van der Waals surface area (Å²) in [5, 5.41) is 3.24. The van der Waals surface area contributed by atoms with E-state index in [-0.39, 0.29) is 30.0 Å². The molecule has 1 aliphatic rings. The average Bonchev–Trinajstić information content (AvgIpc) is 3.09. The number of rotatable bonds is 6. The van der Waals surface area contributed by atoms with Crippen LogP contribution in [0.15, 0.2) is 41.4 Å². The molecule has 0 amide bonds. The lowest BCUT2D eigenvalue weighted by atomic mass is 10.0. The Bertz CT molecular complexity index is 771. The molecule has 0 saturated carbocycles. The quantitative estimate of drug-likeness (QED) is 0.336. The van der Waals surface area contributed by atoms with Gasteiger partial charge in [0.25, 0.3) is 0 Å². The maximum Gasteiger partial charge on any atom is 0.193 e. The van der Waals surface area contributed by atoms with Gasteiger partial charge in [-0.25, -0.2) is 0 Å². The number of guanidine groups is 1. The first-order chi connectivity index (χ1) is 13.0. The molecule has 28 heavy (non-hydrogen) atoms. The van der Waals surface area contributed by atoms with Crippen molar-refractivity contribution in [3.63, 3.8) is 0 Å². The Morgan fingerprint density at radius 2 is 2.00 bits per heavy atom. The van der Waals surface area contributed by atoms with Gasteiger partial charge in [0.2, 0.25) is 0 Å². The van der Waals surface area contributed by atoms with Gasteiger partial charge in [0, 0.05) is 28.5 Å². The summed E-state index contributed by atoms with van der Waals surface area (Å²) in [5.74, 6) is 0.945. The molecule has 0 radical (unpaired) electrons. The highest BCUT2D eigenvalue weighted by molar-refractivity contribution is 14.0. The van der Waals surface area contributed by atoms with Crippen molar-refractivity contribution in [1.82, 2.24) is 4.90 Å². The first kappa shape index (κ1) is 23.1. The number of ether oxygens (including phenoxy) is 1. The van der Waals surface area contributed by atoms with Crippen molar-refractivity contribution in [3.05, 3.63) is 51.7 Å². The summed E-state index contributed by atoms with van der Waals surface area (Å²) in [7, 11) is 0. The number of hydrogen-bond donors (Lipinski definition) is 2. The number of aliphatic imine (C=N–C) groups is 1. The number of benzene rings is 1. The highest BCUT2D eigenvalue weighted by Crippen LogP contribution is 2.28. The topological polar surface area (TPSA) is 62.9 Å². The summed E-state index contributed by atoms with van der Waals surface area (Å²) in [5.41, 5.74) is 8.46.